The third kappa shape index (κ3) is 47.6. The molecule has 0 aromatic heterocycles. The van der Waals surface area contributed by atoms with Crippen molar-refractivity contribution in [2.24, 2.45) is 0 Å². The van der Waals surface area contributed by atoms with E-state index in [1.165, 1.54) is 173 Å². The number of aliphatic hydroxyl groups excluding tert-OH is 1. The second kappa shape index (κ2) is 46.3. The first-order valence-electron chi connectivity index (χ1n) is 25.2. The van der Waals surface area contributed by atoms with Crippen LogP contribution in [0.15, 0.2) is 12.2 Å². The summed E-state index contributed by atoms with van der Waals surface area (Å²) in [7, 11) is -4.42. The predicted molar refractivity (Wildman–Crippen MR) is 248 cm³/mol. The Labute approximate surface area is 364 Å². The molecule has 0 aromatic carbocycles. The number of phosphoric ester groups is 1. The quantitative estimate of drug-likeness (QED) is 0.0239. The maximum Gasteiger partial charge on any atom is 0.472 e. The molecule has 3 N–H and O–H groups in total. The first-order chi connectivity index (χ1) is 28.8. The summed E-state index contributed by atoms with van der Waals surface area (Å²) in [6, 6.07) is 0. The van der Waals surface area contributed by atoms with Crippen molar-refractivity contribution >= 4 is 19.7 Å². The van der Waals surface area contributed by atoms with E-state index >= 15 is 0 Å². The maximum absolute atomic E-state index is 12.1. The molecule has 0 bridgehead atoms. The summed E-state index contributed by atoms with van der Waals surface area (Å²) in [5, 5.41) is 12.7. The Balaban J connectivity index is 3.50. The second-order valence-electron chi connectivity index (χ2n) is 17.1. The number of hydrogen-bond acceptors (Lipinski definition) is 7. The lowest BCUT2D eigenvalue weighted by Gasteiger charge is -2.15. The van der Waals surface area contributed by atoms with E-state index in [1.54, 1.807) is 0 Å². The largest absolute Gasteiger partial charge is 0.472 e. The van der Waals surface area contributed by atoms with Gasteiger partial charge in [-0.1, -0.05) is 219 Å². The van der Waals surface area contributed by atoms with Crippen molar-refractivity contribution in [1.29, 1.82) is 0 Å². The zero-order chi connectivity index (χ0) is 43.2. The van der Waals surface area contributed by atoms with Gasteiger partial charge in [-0.05, 0) is 38.5 Å². The highest BCUT2D eigenvalue weighted by molar-refractivity contribution is 7.47. The number of nitrogens with one attached hydrogen (secondary N) is 1. The van der Waals surface area contributed by atoms with Crippen LogP contribution in [0.25, 0.3) is 0 Å². The zero-order valence-corrected chi connectivity index (χ0v) is 39.6. The highest BCUT2D eigenvalue weighted by atomic mass is 31.2. The van der Waals surface area contributed by atoms with Crippen LogP contribution >= 0.6 is 7.82 Å². The molecular weight excluding hydrogens is 762 g/mol. The van der Waals surface area contributed by atoms with Crippen LogP contribution in [-0.2, 0) is 27.9 Å². The van der Waals surface area contributed by atoms with E-state index in [0.717, 1.165) is 57.8 Å². The molecule has 0 heterocycles. The van der Waals surface area contributed by atoms with Gasteiger partial charge in [0, 0.05) is 19.4 Å². The smallest absolute Gasteiger partial charge is 0.463 e. The fourth-order valence-electron chi connectivity index (χ4n) is 7.38. The number of hydrogen-bond donors (Lipinski definition) is 3. The van der Waals surface area contributed by atoms with E-state index in [2.05, 4.69) is 31.3 Å². The lowest BCUT2D eigenvalue weighted by molar-refractivity contribution is -0.147. The van der Waals surface area contributed by atoms with E-state index < -0.39 is 26.5 Å². The van der Waals surface area contributed by atoms with Crippen molar-refractivity contribution in [2.75, 3.05) is 26.4 Å². The minimum atomic E-state index is -4.42. The fourth-order valence-corrected chi connectivity index (χ4v) is 8.13. The topological polar surface area (TPSA) is 131 Å². The average Bonchev–Trinajstić information content (AvgIpc) is 3.22. The third-order valence-electron chi connectivity index (χ3n) is 11.2. The monoisotopic (exact) mass is 858 g/mol. The van der Waals surface area contributed by atoms with E-state index in [-0.39, 0.29) is 32.1 Å². The lowest BCUT2D eigenvalue weighted by Crippen LogP contribution is -2.27. The standard InChI is InChI=1S/C49H96NO8P/c1-3-5-7-9-11-13-15-17-19-20-21-22-23-24-25-26-27-28-29-31-33-35-37-39-41-48(52)50-43-44-57-59(54,55)58-46-47(51)45-56-49(53)42-40-38-36-34-32-30-18-16-14-12-10-8-6-4-2/h16,18,47,51H,3-15,17,19-46H2,1-2H3,(H,50,52)(H,54,55)/b18-16-. The van der Waals surface area contributed by atoms with Gasteiger partial charge in [-0.2, -0.15) is 0 Å². The molecule has 9 nitrogen and oxygen atoms in total. The van der Waals surface area contributed by atoms with Crippen LogP contribution in [0.5, 0.6) is 0 Å². The van der Waals surface area contributed by atoms with E-state index in [9.17, 15) is 24.2 Å². The van der Waals surface area contributed by atoms with Crippen LogP contribution in [0.4, 0.5) is 0 Å². The molecule has 0 aliphatic carbocycles. The van der Waals surface area contributed by atoms with Gasteiger partial charge in [0.1, 0.15) is 12.7 Å². The molecule has 0 fully saturated rings. The van der Waals surface area contributed by atoms with Gasteiger partial charge in [0.15, 0.2) is 0 Å². The summed E-state index contributed by atoms with van der Waals surface area (Å²) in [4.78, 5) is 34.0. The molecular formula is C49H96NO8P. The number of carbonyl (C=O) groups excluding carboxylic acids is 2. The Morgan fingerprint density at radius 2 is 0.864 bits per heavy atom. The fraction of sp³-hybridized carbons (Fsp3) is 0.918. The van der Waals surface area contributed by atoms with Gasteiger partial charge in [-0.25, -0.2) is 4.57 Å². The molecule has 0 spiro atoms. The van der Waals surface area contributed by atoms with Crippen molar-refractivity contribution in [2.45, 2.75) is 264 Å². The Hall–Kier alpha value is -1.25. The number of ether oxygens (including phenoxy) is 1. The van der Waals surface area contributed by atoms with Gasteiger partial charge in [0.25, 0.3) is 0 Å². The average molecular weight is 858 g/mol. The molecule has 10 heteroatoms. The Morgan fingerprint density at radius 3 is 1.27 bits per heavy atom. The molecule has 0 saturated carbocycles. The summed E-state index contributed by atoms with van der Waals surface area (Å²) in [5.41, 5.74) is 0. The molecule has 0 radical (unpaired) electrons. The Morgan fingerprint density at radius 1 is 0.508 bits per heavy atom. The minimum absolute atomic E-state index is 0.0859. The van der Waals surface area contributed by atoms with Gasteiger partial charge in [0.2, 0.25) is 5.91 Å². The van der Waals surface area contributed by atoms with Gasteiger partial charge in [0.05, 0.1) is 13.2 Å². The van der Waals surface area contributed by atoms with E-state index in [0.29, 0.717) is 6.42 Å². The number of rotatable bonds is 48. The Kier molecular flexibility index (Phi) is 45.3. The maximum atomic E-state index is 12.1. The molecule has 2 atom stereocenters. The van der Waals surface area contributed by atoms with Crippen LogP contribution in [0, 0.1) is 0 Å². The molecule has 0 saturated heterocycles. The molecule has 350 valence electrons. The molecule has 0 aromatic rings. The number of aliphatic hydroxyl groups is 1. The van der Waals surface area contributed by atoms with Gasteiger partial charge < -0.3 is 20.1 Å². The predicted octanol–water partition coefficient (Wildman–Crippen LogP) is 14.6. The second-order valence-corrected chi connectivity index (χ2v) is 18.6. The number of unbranched alkanes of at least 4 members (excludes halogenated alkanes) is 33. The molecule has 2 unspecified atom stereocenters. The normalized spacial score (nSPS) is 13.2. The summed E-state index contributed by atoms with van der Waals surface area (Å²) in [6.07, 6.45) is 50.2. The lowest BCUT2D eigenvalue weighted by atomic mass is 10.0. The third-order valence-corrected chi connectivity index (χ3v) is 12.2. The number of carbonyl (C=O) groups is 2. The van der Waals surface area contributed by atoms with Crippen molar-refractivity contribution in [3.05, 3.63) is 12.2 Å². The first kappa shape index (κ1) is 57.8. The SMILES string of the molecule is CCCCCCC/C=C\CCCCCCCC(=O)OCC(O)COP(=O)(O)OCCNC(=O)CCCCCCCCCCCCCCCCCCCCCCCCCC. The highest BCUT2D eigenvalue weighted by Crippen LogP contribution is 2.42. The summed E-state index contributed by atoms with van der Waals surface area (Å²) >= 11 is 0. The molecule has 0 aliphatic heterocycles. The number of allylic oxidation sites excluding steroid dienone is 2. The van der Waals surface area contributed by atoms with Crippen molar-refractivity contribution < 1.29 is 37.9 Å². The van der Waals surface area contributed by atoms with Crippen LogP contribution in [0.2, 0.25) is 0 Å². The van der Waals surface area contributed by atoms with Gasteiger partial charge >= 0.3 is 13.8 Å². The number of esters is 1. The molecule has 59 heavy (non-hydrogen) atoms. The first-order valence-corrected chi connectivity index (χ1v) is 26.7. The molecule has 0 rings (SSSR count). The van der Waals surface area contributed by atoms with Crippen LogP contribution in [0.1, 0.15) is 258 Å². The summed E-state index contributed by atoms with van der Waals surface area (Å²) in [6.45, 7) is 3.58. The van der Waals surface area contributed by atoms with Crippen molar-refractivity contribution in [3.63, 3.8) is 0 Å². The zero-order valence-electron chi connectivity index (χ0n) is 38.7. The highest BCUT2D eigenvalue weighted by Gasteiger charge is 2.23. The number of amides is 1. The van der Waals surface area contributed by atoms with Crippen molar-refractivity contribution in [3.8, 4) is 0 Å². The van der Waals surface area contributed by atoms with Gasteiger partial charge in [-0.15, -0.1) is 0 Å². The molecule has 1 amide bonds. The van der Waals surface area contributed by atoms with Crippen LogP contribution < -0.4 is 5.32 Å². The van der Waals surface area contributed by atoms with Crippen molar-refractivity contribution in [1.82, 2.24) is 5.32 Å². The van der Waals surface area contributed by atoms with Crippen LogP contribution in [0.3, 0.4) is 0 Å². The summed E-state index contributed by atoms with van der Waals surface area (Å²) < 4.78 is 26.9. The van der Waals surface area contributed by atoms with E-state index in [1.807, 2.05) is 0 Å². The Bertz CT molecular complexity index is 980. The number of phosphoric acid groups is 1. The van der Waals surface area contributed by atoms with E-state index in [4.69, 9.17) is 13.8 Å². The minimum Gasteiger partial charge on any atom is -0.463 e. The summed E-state index contributed by atoms with van der Waals surface area (Å²) in [5.74, 6) is -0.513. The molecule has 0 aliphatic rings. The van der Waals surface area contributed by atoms with Gasteiger partial charge in [-0.3, -0.25) is 18.6 Å². The van der Waals surface area contributed by atoms with Crippen LogP contribution in [-0.4, -0.2) is 54.3 Å².